The van der Waals surface area contributed by atoms with Crippen molar-refractivity contribution in [3.63, 3.8) is 0 Å². The van der Waals surface area contributed by atoms with Crippen molar-refractivity contribution in [1.29, 1.82) is 0 Å². The molecule has 2 atom stereocenters. The second kappa shape index (κ2) is 2.27. The third-order valence-electron chi connectivity index (χ3n) is 2.54. The summed E-state index contributed by atoms with van der Waals surface area (Å²) in [6, 6.07) is 0.358. The van der Waals surface area contributed by atoms with Crippen molar-refractivity contribution in [2.75, 3.05) is 13.1 Å². The van der Waals surface area contributed by atoms with Crippen LogP contribution in [0.25, 0.3) is 0 Å². The predicted octanol–water partition coefficient (Wildman–Crippen LogP) is -0.679. The molecule has 0 bridgehead atoms. The molecule has 0 unspecified atom stereocenters. The maximum absolute atomic E-state index is 5.62. The van der Waals surface area contributed by atoms with Crippen LogP contribution < -0.4 is 5.32 Å². The first-order valence-corrected chi connectivity index (χ1v) is 4.16. The molecule has 2 aliphatic rings. The summed E-state index contributed by atoms with van der Waals surface area (Å²) in [6.45, 7) is 2.53. The van der Waals surface area contributed by atoms with Gasteiger partial charge in [0.15, 0.2) is 0 Å². The van der Waals surface area contributed by atoms with Gasteiger partial charge in [0.05, 0.1) is 30.6 Å². The summed E-state index contributed by atoms with van der Waals surface area (Å²) >= 11 is 0. The van der Waals surface area contributed by atoms with E-state index in [2.05, 4.69) is 15.6 Å². The van der Waals surface area contributed by atoms with Gasteiger partial charge in [-0.3, -0.25) is 0 Å². The molecular weight excluding hydrogens is 156 g/mol. The lowest BCUT2D eigenvalue weighted by atomic mass is 10.2. The van der Waals surface area contributed by atoms with E-state index in [4.69, 9.17) is 4.74 Å². The molecule has 2 aliphatic heterocycles. The Morgan fingerprint density at radius 1 is 1.58 bits per heavy atom. The van der Waals surface area contributed by atoms with E-state index in [-0.39, 0.29) is 0 Å². The Hall–Kier alpha value is -0.940. The zero-order chi connectivity index (χ0) is 7.97. The first-order valence-electron chi connectivity index (χ1n) is 4.16. The molecule has 0 aromatic carbocycles. The summed E-state index contributed by atoms with van der Waals surface area (Å²) in [5.74, 6) is 0. The van der Waals surface area contributed by atoms with E-state index in [0.29, 0.717) is 18.8 Å². The standard InChI is InChI=1S/C7H10N4O/c1-5-4-12-7-3-8-2-6(7)11(5)10-9-1/h1,6-8H,2-4H2/t6-,7-/m0/s1. The lowest BCUT2D eigenvalue weighted by Crippen LogP contribution is -2.32. The highest BCUT2D eigenvalue weighted by atomic mass is 16.5. The van der Waals surface area contributed by atoms with Gasteiger partial charge in [-0.05, 0) is 0 Å². The zero-order valence-electron chi connectivity index (χ0n) is 6.60. The SMILES string of the molecule is c1nnn2c1CO[C@H]1CNC[C@@H]12. The van der Waals surface area contributed by atoms with Gasteiger partial charge in [-0.15, -0.1) is 5.10 Å². The van der Waals surface area contributed by atoms with Crippen molar-refractivity contribution >= 4 is 0 Å². The molecule has 0 saturated carbocycles. The molecular formula is C7H10N4O. The molecule has 12 heavy (non-hydrogen) atoms. The first-order chi connectivity index (χ1) is 5.95. The Morgan fingerprint density at radius 2 is 2.58 bits per heavy atom. The smallest absolute Gasteiger partial charge is 0.0941 e. The third kappa shape index (κ3) is 0.748. The largest absolute Gasteiger partial charge is 0.368 e. The van der Waals surface area contributed by atoms with Gasteiger partial charge in [0.2, 0.25) is 0 Å². The molecule has 64 valence electrons. The number of hydrogen-bond acceptors (Lipinski definition) is 4. The first kappa shape index (κ1) is 6.56. The predicted molar refractivity (Wildman–Crippen MR) is 40.5 cm³/mol. The lowest BCUT2D eigenvalue weighted by molar-refractivity contribution is -0.00289. The van der Waals surface area contributed by atoms with Crippen LogP contribution in [0.5, 0.6) is 0 Å². The summed E-state index contributed by atoms with van der Waals surface area (Å²) in [5.41, 5.74) is 1.08. The molecule has 1 fully saturated rings. The fourth-order valence-electron chi connectivity index (χ4n) is 1.89. The van der Waals surface area contributed by atoms with Crippen molar-refractivity contribution in [1.82, 2.24) is 20.3 Å². The monoisotopic (exact) mass is 166 g/mol. The van der Waals surface area contributed by atoms with Crippen molar-refractivity contribution < 1.29 is 4.74 Å². The van der Waals surface area contributed by atoms with E-state index in [9.17, 15) is 0 Å². The van der Waals surface area contributed by atoms with Gasteiger partial charge < -0.3 is 10.1 Å². The fourth-order valence-corrected chi connectivity index (χ4v) is 1.89. The van der Waals surface area contributed by atoms with E-state index in [0.717, 1.165) is 18.8 Å². The quantitative estimate of drug-likeness (QED) is 0.555. The minimum absolute atomic E-state index is 0.291. The second-order valence-electron chi connectivity index (χ2n) is 3.24. The third-order valence-corrected chi connectivity index (χ3v) is 2.54. The Balaban J connectivity index is 2.04. The van der Waals surface area contributed by atoms with Crippen LogP contribution in [0.2, 0.25) is 0 Å². The molecule has 0 spiro atoms. The number of nitrogens with zero attached hydrogens (tertiary/aromatic N) is 3. The molecule has 0 aliphatic carbocycles. The van der Waals surface area contributed by atoms with Gasteiger partial charge in [-0.25, -0.2) is 4.68 Å². The van der Waals surface area contributed by atoms with E-state index in [1.807, 2.05) is 4.68 Å². The van der Waals surface area contributed by atoms with E-state index < -0.39 is 0 Å². The molecule has 0 radical (unpaired) electrons. The Bertz CT molecular complexity index is 297. The van der Waals surface area contributed by atoms with Gasteiger partial charge >= 0.3 is 0 Å². The lowest BCUT2D eigenvalue weighted by Gasteiger charge is -2.25. The molecule has 1 aromatic rings. The number of nitrogens with one attached hydrogen (secondary N) is 1. The van der Waals surface area contributed by atoms with Gasteiger partial charge in [-0.2, -0.15) is 0 Å². The van der Waals surface area contributed by atoms with Crippen molar-refractivity contribution in [3.8, 4) is 0 Å². The molecule has 1 saturated heterocycles. The van der Waals surface area contributed by atoms with Crippen LogP contribution in [0.1, 0.15) is 11.7 Å². The molecule has 3 rings (SSSR count). The summed E-state index contributed by atoms with van der Waals surface area (Å²) in [7, 11) is 0. The summed E-state index contributed by atoms with van der Waals surface area (Å²) in [6.07, 6.45) is 2.06. The van der Waals surface area contributed by atoms with Gasteiger partial charge in [0, 0.05) is 13.1 Å². The van der Waals surface area contributed by atoms with Crippen molar-refractivity contribution in [3.05, 3.63) is 11.9 Å². The van der Waals surface area contributed by atoms with Gasteiger partial charge in [-0.1, -0.05) is 5.21 Å². The van der Waals surface area contributed by atoms with Crippen LogP contribution in [0.3, 0.4) is 0 Å². The van der Waals surface area contributed by atoms with Crippen LogP contribution in [0, 0.1) is 0 Å². The minimum Gasteiger partial charge on any atom is -0.368 e. The highest BCUT2D eigenvalue weighted by Crippen LogP contribution is 2.25. The Morgan fingerprint density at radius 3 is 3.58 bits per heavy atom. The molecule has 5 heteroatoms. The number of hydrogen-bond donors (Lipinski definition) is 1. The number of aromatic nitrogens is 3. The fraction of sp³-hybridized carbons (Fsp3) is 0.714. The van der Waals surface area contributed by atoms with E-state index in [1.165, 1.54) is 0 Å². The number of ether oxygens (including phenoxy) is 1. The van der Waals surface area contributed by atoms with Crippen LogP contribution in [0.4, 0.5) is 0 Å². The van der Waals surface area contributed by atoms with Crippen LogP contribution in [0.15, 0.2) is 6.20 Å². The Labute approximate surface area is 69.7 Å². The summed E-state index contributed by atoms with van der Waals surface area (Å²) in [4.78, 5) is 0. The van der Waals surface area contributed by atoms with E-state index in [1.54, 1.807) is 6.20 Å². The average Bonchev–Trinajstić information content (AvgIpc) is 2.71. The average molecular weight is 166 g/mol. The van der Waals surface area contributed by atoms with Crippen molar-refractivity contribution in [2.24, 2.45) is 0 Å². The van der Waals surface area contributed by atoms with Crippen LogP contribution in [-0.4, -0.2) is 34.2 Å². The zero-order valence-corrected chi connectivity index (χ0v) is 6.60. The van der Waals surface area contributed by atoms with E-state index >= 15 is 0 Å². The molecule has 0 amide bonds. The normalized spacial score (nSPS) is 33.0. The second-order valence-corrected chi connectivity index (χ2v) is 3.24. The van der Waals surface area contributed by atoms with Gasteiger partial charge in [0.25, 0.3) is 0 Å². The van der Waals surface area contributed by atoms with Crippen molar-refractivity contribution in [2.45, 2.75) is 18.8 Å². The van der Waals surface area contributed by atoms with Crippen LogP contribution >= 0.6 is 0 Å². The maximum Gasteiger partial charge on any atom is 0.0941 e. The Kier molecular flexibility index (Phi) is 1.24. The van der Waals surface area contributed by atoms with Crippen LogP contribution in [-0.2, 0) is 11.3 Å². The number of rotatable bonds is 0. The topological polar surface area (TPSA) is 52.0 Å². The molecule has 1 N–H and O–H groups in total. The number of fused-ring (bicyclic) bond motifs is 3. The molecule has 3 heterocycles. The minimum atomic E-state index is 0.291. The highest BCUT2D eigenvalue weighted by Gasteiger charge is 2.34. The summed E-state index contributed by atoms with van der Waals surface area (Å²) < 4.78 is 7.60. The highest BCUT2D eigenvalue weighted by molar-refractivity contribution is 5.01. The van der Waals surface area contributed by atoms with Gasteiger partial charge in [0.1, 0.15) is 0 Å². The maximum atomic E-state index is 5.62. The summed E-state index contributed by atoms with van der Waals surface area (Å²) in [5, 5.41) is 11.2. The molecule has 5 nitrogen and oxygen atoms in total. The molecule has 1 aromatic heterocycles.